The summed E-state index contributed by atoms with van der Waals surface area (Å²) >= 11 is 0. The van der Waals surface area contributed by atoms with Crippen LogP contribution in [0.3, 0.4) is 0 Å². The Hall–Kier alpha value is -1.06. The first-order valence-corrected chi connectivity index (χ1v) is 9.35. The van der Waals surface area contributed by atoms with Crippen LogP contribution in [0, 0.1) is 11.8 Å². The summed E-state index contributed by atoms with van der Waals surface area (Å²) < 4.78 is 0. The van der Waals surface area contributed by atoms with Gasteiger partial charge in [-0.15, -0.1) is 0 Å². The van der Waals surface area contributed by atoms with E-state index in [1.165, 1.54) is 12.8 Å². The highest BCUT2D eigenvalue weighted by molar-refractivity contribution is 5.88. The molecule has 0 aromatic carbocycles. The largest absolute Gasteiger partial charge is 0.342 e. The van der Waals surface area contributed by atoms with Crippen molar-refractivity contribution in [1.29, 1.82) is 0 Å². The lowest BCUT2D eigenvalue weighted by Gasteiger charge is -2.38. The molecule has 124 valence electrons. The van der Waals surface area contributed by atoms with E-state index in [0.717, 1.165) is 77.5 Å². The van der Waals surface area contributed by atoms with Crippen molar-refractivity contribution >= 4 is 11.8 Å². The van der Waals surface area contributed by atoms with Gasteiger partial charge < -0.3 is 9.80 Å². The Morgan fingerprint density at radius 1 is 0.545 bits per heavy atom. The van der Waals surface area contributed by atoms with E-state index < -0.39 is 0 Å². The topological polar surface area (TPSA) is 40.6 Å². The molecule has 1 aliphatic carbocycles. The smallest absolute Gasteiger partial charge is 0.226 e. The summed E-state index contributed by atoms with van der Waals surface area (Å²) in [6.07, 6.45) is 11.0. The van der Waals surface area contributed by atoms with Gasteiger partial charge in [-0.1, -0.05) is 12.8 Å². The molecule has 0 bridgehead atoms. The van der Waals surface area contributed by atoms with Crippen molar-refractivity contribution in [3.8, 4) is 0 Å². The molecule has 2 amide bonds. The lowest BCUT2D eigenvalue weighted by molar-refractivity contribution is -0.149. The van der Waals surface area contributed by atoms with Crippen molar-refractivity contribution < 1.29 is 9.59 Å². The predicted molar refractivity (Wildman–Crippen MR) is 86.3 cm³/mol. The third-order valence-corrected chi connectivity index (χ3v) is 5.74. The molecule has 0 aromatic rings. The fraction of sp³-hybridized carbons (Fsp3) is 0.889. The number of piperidine rings is 2. The van der Waals surface area contributed by atoms with E-state index in [1.807, 2.05) is 9.80 Å². The van der Waals surface area contributed by atoms with E-state index in [1.54, 1.807) is 0 Å². The molecule has 0 aromatic heterocycles. The van der Waals surface area contributed by atoms with Crippen molar-refractivity contribution in [2.75, 3.05) is 26.2 Å². The Morgan fingerprint density at radius 3 is 1.27 bits per heavy atom. The Kier molecular flexibility index (Phi) is 5.37. The molecule has 4 heteroatoms. The lowest BCUT2D eigenvalue weighted by Crippen LogP contribution is -2.48. The van der Waals surface area contributed by atoms with Crippen LogP contribution in [0.4, 0.5) is 0 Å². The first kappa shape index (κ1) is 15.8. The molecule has 2 aliphatic heterocycles. The number of amides is 2. The van der Waals surface area contributed by atoms with Gasteiger partial charge in [-0.2, -0.15) is 0 Å². The summed E-state index contributed by atoms with van der Waals surface area (Å²) in [6, 6.07) is 0. The van der Waals surface area contributed by atoms with Crippen LogP contribution in [0.25, 0.3) is 0 Å². The predicted octanol–water partition coefficient (Wildman–Crippen LogP) is 2.82. The van der Waals surface area contributed by atoms with Gasteiger partial charge in [0.2, 0.25) is 11.8 Å². The molecule has 4 nitrogen and oxygen atoms in total. The minimum Gasteiger partial charge on any atom is -0.342 e. The Bertz CT molecular complexity index is 360. The summed E-state index contributed by atoms with van der Waals surface area (Å²) in [4.78, 5) is 29.9. The van der Waals surface area contributed by atoms with Crippen LogP contribution < -0.4 is 0 Å². The Labute approximate surface area is 134 Å². The van der Waals surface area contributed by atoms with Gasteiger partial charge in [-0.3, -0.25) is 9.59 Å². The van der Waals surface area contributed by atoms with Crippen LogP contribution in [-0.4, -0.2) is 47.8 Å². The van der Waals surface area contributed by atoms with Crippen molar-refractivity contribution in [1.82, 2.24) is 9.80 Å². The average molecular weight is 306 g/mol. The zero-order valence-corrected chi connectivity index (χ0v) is 13.8. The second kappa shape index (κ2) is 7.47. The summed E-state index contributed by atoms with van der Waals surface area (Å²) in [5.74, 6) is 0.465. The fourth-order valence-electron chi connectivity index (χ4n) is 4.42. The van der Waals surface area contributed by atoms with E-state index in [9.17, 15) is 9.59 Å². The summed E-state index contributed by atoms with van der Waals surface area (Å²) in [7, 11) is 0. The van der Waals surface area contributed by atoms with Crippen molar-refractivity contribution in [3.05, 3.63) is 0 Å². The first-order chi connectivity index (χ1) is 10.8. The maximum atomic E-state index is 12.9. The van der Waals surface area contributed by atoms with Gasteiger partial charge in [0.05, 0.1) is 0 Å². The number of carbonyl (C=O) groups excluding carboxylic acids is 2. The highest BCUT2D eigenvalue weighted by atomic mass is 16.2. The third kappa shape index (κ3) is 3.47. The Morgan fingerprint density at radius 2 is 0.909 bits per heavy atom. The van der Waals surface area contributed by atoms with Crippen LogP contribution in [0.2, 0.25) is 0 Å². The molecule has 0 spiro atoms. The molecular weight excluding hydrogens is 276 g/mol. The number of hydrogen-bond acceptors (Lipinski definition) is 2. The Balaban J connectivity index is 1.67. The minimum absolute atomic E-state index is 0.0405. The summed E-state index contributed by atoms with van der Waals surface area (Å²) in [6.45, 7) is 3.61. The van der Waals surface area contributed by atoms with Gasteiger partial charge in [0.15, 0.2) is 0 Å². The second-order valence-electron chi connectivity index (χ2n) is 7.27. The molecule has 0 N–H and O–H groups in total. The van der Waals surface area contributed by atoms with Gasteiger partial charge in [-0.05, 0) is 51.4 Å². The molecule has 0 unspecified atom stereocenters. The molecule has 1 saturated carbocycles. The van der Waals surface area contributed by atoms with E-state index in [2.05, 4.69) is 0 Å². The number of rotatable bonds is 2. The molecule has 3 rings (SSSR count). The second-order valence-corrected chi connectivity index (χ2v) is 7.27. The molecule has 0 radical (unpaired) electrons. The minimum atomic E-state index is -0.0405. The molecular formula is C18H30N2O2. The van der Waals surface area contributed by atoms with Crippen LogP contribution in [0.1, 0.15) is 64.2 Å². The molecule has 2 saturated heterocycles. The van der Waals surface area contributed by atoms with Crippen LogP contribution in [0.15, 0.2) is 0 Å². The molecule has 2 heterocycles. The van der Waals surface area contributed by atoms with Gasteiger partial charge in [-0.25, -0.2) is 0 Å². The van der Waals surface area contributed by atoms with Gasteiger partial charge in [0, 0.05) is 38.0 Å². The molecule has 22 heavy (non-hydrogen) atoms. The van der Waals surface area contributed by atoms with Crippen molar-refractivity contribution in [2.24, 2.45) is 11.8 Å². The van der Waals surface area contributed by atoms with Crippen LogP contribution in [0.5, 0.6) is 0 Å². The highest BCUT2D eigenvalue weighted by Gasteiger charge is 2.39. The maximum Gasteiger partial charge on any atom is 0.226 e. The standard InChI is InChI=1S/C18H30N2O2/c21-17(19-11-5-1-6-12-19)15-9-3-4-10-16(15)18(22)20-13-7-2-8-14-20/h15-16H,1-14H2/t15-,16-/m0/s1. The normalized spacial score (nSPS) is 30.2. The maximum absolute atomic E-state index is 12.9. The fourth-order valence-corrected chi connectivity index (χ4v) is 4.42. The molecule has 3 aliphatic rings. The van der Waals surface area contributed by atoms with Crippen LogP contribution >= 0.6 is 0 Å². The quantitative estimate of drug-likeness (QED) is 0.787. The SMILES string of the molecule is O=C([C@H]1CCCC[C@@H]1C(=O)N1CCCCC1)N1CCCCC1. The number of likely N-dealkylation sites (tertiary alicyclic amines) is 2. The third-order valence-electron chi connectivity index (χ3n) is 5.74. The first-order valence-electron chi connectivity index (χ1n) is 9.35. The monoisotopic (exact) mass is 306 g/mol. The molecule has 2 atom stereocenters. The van der Waals surface area contributed by atoms with E-state index in [-0.39, 0.29) is 23.7 Å². The van der Waals surface area contributed by atoms with Crippen molar-refractivity contribution in [3.63, 3.8) is 0 Å². The zero-order valence-electron chi connectivity index (χ0n) is 13.8. The molecule has 3 fully saturated rings. The lowest BCUT2D eigenvalue weighted by atomic mass is 9.77. The highest BCUT2D eigenvalue weighted by Crippen LogP contribution is 2.34. The van der Waals surface area contributed by atoms with Gasteiger partial charge in [0.1, 0.15) is 0 Å². The van der Waals surface area contributed by atoms with E-state index >= 15 is 0 Å². The van der Waals surface area contributed by atoms with Crippen LogP contribution in [-0.2, 0) is 9.59 Å². The van der Waals surface area contributed by atoms with Gasteiger partial charge >= 0.3 is 0 Å². The van der Waals surface area contributed by atoms with E-state index in [4.69, 9.17) is 0 Å². The average Bonchev–Trinajstić information content (AvgIpc) is 2.62. The van der Waals surface area contributed by atoms with Crippen molar-refractivity contribution in [2.45, 2.75) is 64.2 Å². The number of nitrogens with zero attached hydrogens (tertiary/aromatic N) is 2. The number of carbonyl (C=O) groups is 2. The number of hydrogen-bond donors (Lipinski definition) is 0. The van der Waals surface area contributed by atoms with Gasteiger partial charge in [0.25, 0.3) is 0 Å². The summed E-state index contributed by atoms with van der Waals surface area (Å²) in [5.41, 5.74) is 0. The summed E-state index contributed by atoms with van der Waals surface area (Å²) in [5, 5.41) is 0. The van der Waals surface area contributed by atoms with E-state index in [0.29, 0.717) is 0 Å². The zero-order chi connectivity index (χ0) is 15.4.